The Morgan fingerprint density at radius 2 is 1.88 bits per heavy atom. The minimum absolute atomic E-state index is 0.101. The van der Waals surface area contributed by atoms with Gasteiger partial charge < -0.3 is 9.32 Å². The number of rotatable bonds is 3. The van der Waals surface area contributed by atoms with Gasteiger partial charge in [-0.1, -0.05) is 24.3 Å². The van der Waals surface area contributed by atoms with Crippen molar-refractivity contribution >= 4 is 16.9 Å². The number of pyridine rings is 1. The van der Waals surface area contributed by atoms with Crippen LogP contribution in [0.5, 0.6) is 0 Å². The summed E-state index contributed by atoms with van der Waals surface area (Å²) in [6.07, 6.45) is 3.62. The van der Waals surface area contributed by atoms with Crippen LogP contribution in [0.25, 0.3) is 11.0 Å². The number of carbonyl (C=O) groups is 1. The van der Waals surface area contributed by atoms with Crippen LogP contribution in [0.2, 0.25) is 0 Å². The smallest absolute Gasteiger partial charge is 0.349 e. The Balaban J connectivity index is 1.45. The van der Waals surface area contributed by atoms with E-state index in [0.717, 1.165) is 30.6 Å². The summed E-state index contributed by atoms with van der Waals surface area (Å²) in [5.41, 5.74) is 1.17. The number of para-hydroxylation sites is 1. The fourth-order valence-corrected chi connectivity index (χ4v) is 3.24. The van der Waals surface area contributed by atoms with E-state index in [4.69, 9.17) is 4.42 Å². The molecule has 26 heavy (non-hydrogen) atoms. The lowest BCUT2D eigenvalue weighted by Gasteiger charge is -2.34. The summed E-state index contributed by atoms with van der Waals surface area (Å²) in [7, 11) is 0. The van der Waals surface area contributed by atoms with E-state index >= 15 is 0 Å². The van der Waals surface area contributed by atoms with Gasteiger partial charge in [-0.25, -0.2) is 4.79 Å². The molecule has 132 valence electrons. The Morgan fingerprint density at radius 3 is 2.65 bits per heavy atom. The molecule has 2 aromatic heterocycles. The normalized spacial score (nSPS) is 15.3. The molecular formula is C20H19N3O3. The second kappa shape index (κ2) is 7.09. The van der Waals surface area contributed by atoms with Crippen LogP contribution in [0.15, 0.2) is 64.1 Å². The molecule has 0 saturated carbocycles. The molecule has 6 nitrogen and oxygen atoms in total. The fourth-order valence-electron chi connectivity index (χ4n) is 3.24. The third-order valence-corrected chi connectivity index (χ3v) is 4.66. The number of piperazine rings is 1. The predicted molar refractivity (Wildman–Crippen MR) is 97.9 cm³/mol. The maximum atomic E-state index is 12.8. The molecule has 3 aromatic rings. The van der Waals surface area contributed by atoms with Gasteiger partial charge in [0.25, 0.3) is 5.91 Å². The van der Waals surface area contributed by atoms with Crippen molar-refractivity contribution in [2.45, 2.75) is 6.54 Å². The topological polar surface area (TPSA) is 66.7 Å². The fraction of sp³-hybridized carbons (Fsp3) is 0.250. The minimum atomic E-state index is -0.577. The van der Waals surface area contributed by atoms with E-state index in [1.165, 1.54) is 0 Å². The number of nitrogens with zero attached hydrogens (tertiary/aromatic N) is 3. The van der Waals surface area contributed by atoms with E-state index in [0.29, 0.717) is 18.7 Å². The van der Waals surface area contributed by atoms with Crippen molar-refractivity contribution in [1.29, 1.82) is 0 Å². The lowest BCUT2D eigenvalue weighted by Crippen LogP contribution is -2.49. The number of carbonyl (C=O) groups excluding carboxylic acids is 1. The zero-order chi connectivity index (χ0) is 17.9. The lowest BCUT2D eigenvalue weighted by atomic mass is 10.1. The van der Waals surface area contributed by atoms with Crippen molar-refractivity contribution in [1.82, 2.24) is 14.8 Å². The quantitative estimate of drug-likeness (QED) is 0.678. The molecule has 1 saturated heterocycles. The second-order valence-corrected chi connectivity index (χ2v) is 6.41. The molecule has 1 aromatic carbocycles. The summed E-state index contributed by atoms with van der Waals surface area (Å²) >= 11 is 0. The standard InChI is InChI=1S/C20H19N3O3/c24-19(17-12-16-5-1-2-6-18(16)26-20(17)25)23-10-8-22(9-11-23)14-15-4-3-7-21-13-15/h1-7,12-13H,8-11,14H2. The van der Waals surface area contributed by atoms with E-state index in [1.807, 2.05) is 30.5 Å². The van der Waals surface area contributed by atoms with Gasteiger partial charge in [0.05, 0.1) is 0 Å². The zero-order valence-corrected chi connectivity index (χ0v) is 14.3. The van der Waals surface area contributed by atoms with E-state index in [-0.39, 0.29) is 11.5 Å². The molecule has 0 unspecified atom stereocenters. The van der Waals surface area contributed by atoms with Gasteiger partial charge in [0.2, 0.25) is 0 Å². The lowest BCUT2D eigenvalue weighted by molar-refractivity contribution is 0.0624. The summed E-state index contributed by atoms with van der Waals surface area (Å²) in [6.45, 7) is 3.52. The number of benzene rings is 1. The van der Waals surface area contributed by atoms with Crippen molar-refractivity contribution in [2.24, 2.45) is 0 Å². The Labute approximate surface area is 150 Å². The maximum Gasteiger partial charge on any atom is 0.349 e. The van der Waals surface area contributed by atoms with E-state index in [2.05, 4.69) is 9.88 Å². The van der Waals surface area contributed by atoms with Crippen LogP contribution in [0.3, 0.4) is 0 Å². The average molecular weight is 349 g/mol. The Morgan fingerprint density at radius 1 is 1.08 bits per heavy atom. The molecule has 4 rings (SSSR count). The largest absolute Gasteiger partial charge is 0.422 e. The van der Waals surface area contributed by atoms with Gasteiger partial charge in [0, 0.05) is 50.5 Å². The average Bonchev–Trinajstić information content (AvgIpc) is 2.68. The number of fused-ring (bicyclic) bond motifs is 1. The summed E-state index contributed by atoms with van der Waals surface area (Å²) in [5, 5.41) is 0.755. The second-order valence-electron chi connectivity index (χ2n) is 6.41. The van der Waals surface area contributed by atoms with Gasteiger partial charge in [0.15, 0.2) is 0 Å². The minimum Gasteiger partial charge on any atom is -0.422 e. The summed E-state index contributed by atoms with van der Waals surface area (Å²) in [4.78, 5) is 33.1. The molecule has 0 atom stereocenters. The molecule has 3 heterocycles. The Bertz CT molecular complexity index is 976. The van der Waals surface area contributed by atoms with Gasteiger partial charge in [0.1, 0.15) is 11.1 Å². The SMILES string of the molecule is O=C(c1cc2ccccc2oc1=O)N1CCN(Cc2cccnc2)CC1. The van der Waals surface area contributed by atoms with Crippen LogP contribution in [0.4, 0.5) is 0 Å². The van der Waals surface area contributed by atoms with Crippen LogP contribution < -0.4 is 5.63 Å². The molecule has 0 spiro atoms. The van der Waals surface area contributed by atoms with Crippen LogP contribution in [-0.4, -0.2) is 46.9 Å². The molecule has 1 amide bonds. The summed E-state index contributed by atoms with van der Waals surface area (Å²) in [6, 6.07) is 12.8. The molecule has 0 N–H and O–H groups in total. The molecular weight excluding hydrogens is 330 g/mol. The van der Waals surface area contributed by atoms with Gasteiger partial charge in [-0.3, -0.25) is 14.7 Å². The first kappa shape index (κ1) is 16.5. The first-order valence-electron chi connectivity index (χ1n) is 8.64. The van der Waals surface area contributed by atoms with Gasteiger partial charge in [-0.2, -0.15) is 0 Å². The third kappa shape index (κ3) is 3.36. The van der Waals surface area contributed by atoms with Crippen molar-refractivity contribution < 1.29 is 9.21 Å². The molecule has 0 bridgehead atoms. The van der Waals surface area contributed by atoms with Crippen molar-refractivity contribution in [3.05, 3.63) is 76.4 Å². The highest BCUT2D eigenvalue weighted by Gasteiger charge is 2.24. The number of hydrogen-bond donors (Lipinski definition) is 0. The number of hydrogen-bond acceptors (Lipinski definition) is 5. The van der Waals surface area contributed by atoms with Crippen molar-refractivity contribution in [2.75, 3.05) is 26.2 Å². The van der Waals surface area contributed by atoms with Gasteiger partial charge in [-0.05, 0) is 23.8 Å². The molecule has 6 heteroatoms. The molecule has 1 aliphatic heterocycles. The monoisotopic (exact) mass is 349 g/mol. The number of amides is 1. The van der Waals surface area contributed by atoms with Crippen LogP contribution in [0.1, 0.15) is 15.9 Å². The third-order valence-electron chi connectivity index (χ3n) is 4.66. The molecule has 1 aliphatic rings. The summed E-state index contributed by atoms with van der Waals surface area (Å²) in [5.74, 6) is -0.259. The molecule has 0 aliphatic carbocycles. The van der Waals surface area contributed by atoms with E-state index < -0.39 is 5.63 Å². The predicted octanol–water partition coefficient (Wildman–Crippen LogP) is 2.15. The Hall–Kier alpha value is -2.99. The highest BCUT2D eigenvalue weighted by Crippen LogP contribution is 2.15. The first-order chi connectivity index (χ1) is 12.7. The highest BCUT2D eigenvalue weighted by atomic mass is 16.4. The highest BCUT2D eigenvalue weighted by molar-refractivity contribution is 5.96. The van der Waals surface area contributed by atoms with Crippen LogP contribution in [-0.2, 0) is 6.54 Å². The maximum absolute atomic E-state index is 12.8. The summed E-state index contributed by atoms with van der Waals surface area (Å²) < 4.78 is 5.28. The van der Waals surface area contributed by atoms with Crippen molar-refractivity contribution in [3.8, 4) is 0 Å². The Kier molecular flexibility index (Phi) is 4.50. The molecule has 0 radical (unpaired) electrons. The van der Waals surface area contributed by atoms with Gasteiger partial charge >= 0.3 is 5.63 Å². The van der Waals surface area contributed by atoms with Gasteiger partial charge in [-0.15, -0.1) is 0 Å². The zero-order valence-electron chi connectivity index (χ0n) is 14.3. The van der Waals surface area contributed by atoms with Crippen LogP contribution >= 0.6 is 0 Å². The van der Waals surface area contributed by atoms with Crippen molar-refractivity contribution in [3.63, 3.8) is 0 Å². The molecule has 1 fully saturated rings. The van der Waals surface area contributed by atoms with E-state index in [9.17, 15) is 9.59 Å². The van der Waals surface area contributed by atoms with E-state index in [1.54, 1.807) is 29.3 Å². The van der Waals surface area contributed by atoms with Crippen LogP contribution in [0, 0.1) is 0 Å². The first-order valence-corrected chi connectivity index (χ1v) is 8.64. The number of aromatic nitrogens is 1.